The number of nitrogens with zero attached hydrogens (tertiary/aromatic N) is 2. The molecule has 1 fully saturated rings. The molecule has 146 valence electrons. The second-order valence-electron chi connectivity index (χ2n) is 6.63. The maximum absolute atomic E-state index is 12.3. The van der Waals surface area contributed by atoms with Crippen LogP contribution in [0.1, 0.15) is 53.6 Å². The first kappa shape index (κ1) is 21.3. The highest BCUT2D eigenvalue weighted by atomic mass is 32.1. The van der Waals surface area contributed by atoms with E-state index in [1.165, 1.54) is 4.90 Å². The van der Waals surface area contributed by atoms with Gasteiger partial charge < -0.3 is 5.32 Å². The van der Waals surface area contributed by atoms with Crippen LogP contribution in [-0.4, -0.2) is 41.3 Å². The van der Waals surface area contributed by atoms with Crippen molar-refractivity contribution < 1.29 is 9.59 Å². The smallest absolute Gasteiger partial charge is 0.261 e. The van der Waals surface area contributed by atoms with E-state index in [0.29, 0.717) is 29.5 Å². The second kappa shape index (κ2) is 10.3. The molecule has 1 aromatic carbocycles. The first-order chi connectivity index (χ1) is 13.1. The third-order valence-electron chi connectivity index (χ3n) is 4.81. The molecular weight excluding hydrogens is 358 g/mol. The van der Waals surface area contributed by atoms with Crippen LogP contribution in [0.2, 0.25) is 0 Å². The van der Waals surface area contributed by atoms with Crippen molar-refractivity contribution in [2.75, 3.05) is 19.6 Å². The lowest BCUT2D eigenvalue weighted by atomic mass is 9.87. The van der Waals surface area contributed by atoms with Gasteiger partial charge in [-0.3, -0.25) is 19.5 Å². The van der Waals surface area contributed by atoms with E-state index in [9.17, 15) is 9.59 Å². The van der Waals surface area contributed by atoms with Crippen LogP contribution in [0.5, 0.6) is 0 Å². The summed E-state index contributed by atoms with van der Waals surface area (Å²) >= 11 is 1.63. The van der Waals surface area contributed by atoms with Gasteiger partial charge in [-0.25, -0.2) is 0 Å². The number of thiazole rings is 1. The Kier molecular flexibility index (Phi) is 8.13. The van der Waals surface area contributed by atoms with Crippen LogP contribution in [-0.2, 0) is 0 Å². The molecule has 0 aliphatic carbocycles. The number of aromatic nitrogens is 1. The van der Waals surface area contributed by atoms with Crippen LogP contribution in [0.15, 0.2) is 35.2 Å². The summed E-state index contributed by atoms with van der Waals surface area (Å²) in [5.74, 6) is 0.638. The summed E-state index contributed by atoms with van der Waals surface area (Å²) in [6.45, 7) is 10.6. The molecule has 2 unspecified atom stereocenters. The molecule has 27 heavy (non-hydrogen) atoms. The highest BCUT2D eigenvalue weighted by Gasteiger charge is 2.37. The van der Waals surface area contributed by atoms with Crippen LogP contribution in [0, 0.1) is 18.8 Å². The van der Waals surface area contributed by atoms with Crippen LogP contribution in [0.4, 0.5) is 0 Å². The van der Waals surface area contributed by atoms with Crippen LogP contribution >= 0.6 is 11.3 Å². The minimum absolute atomic E-state index is 0.133. The van der Waals surface area contributed by atoms with Gasteiger partial charge in [0.1, 0.15) is 0 Å². The summed E-state index contributed by atoms with van der Waals surface area (Å²) < 4.78 is 0. The van der Waals surface area contributed by atoms with Crippen molar-refractivity contribution in [2.45, 2.75) is 34.1 Å². The second-order valence-corrected chi connectivity index (χ2v) is 7.35. The first-order valence-corrected chi connectivity index (χ1v) is 10.5. The molecule has 1 saturated heterocycles. The molecule has 0 bridgehead atoms. The number of benzene rings is 1. The number of nitrogens with one attached hydrogen (secondary N) is 1. The highest BCUT2D eigenvalue weighted by Crippen LogP contribution is 2.27. The molecule has 0 saturated carbocycles. The summed E-state index contributed by atoms with van der Waals surface area (Å²) in [7, 11) is 0. The van der Waals surface area contributed by atoms with Crippen molar-refractivity contribution >= 4 is 23.2 Å². The summed E-state index contributed by atoms with van der Waals surface area (Å²) in [4.78, 5) is 29.9. The fourth-order valence-electron chi connectivity index (χ4n) is 3.25. The molecule has 3 heterocycles. The van der Waals surface area contributed by atoms with Gasteiger partial charge in [0.25, 0.3) is 11.8 Å². The number of hydrogen-bond acceptors (Lipinski definition) is 5. The van der Waals surface area contributed by atoms with E-state index >= 15 is 0 Å². The summed E-state index contributed by atoms with van der Waals surface area (Å²) in [5, 5.41) is 5.35. The topological polar surface area (TPSA) is 62.3 Å². The molecule has 0 radical (unpaired) electrons. The number of fused-ring (bicyclic) bond motifs is 1. The van der Waals surface area contributed by atoms with Crippen molar-refractivity contribution in [1.82, 2.24) is 15.2 Å². The minimum atomic E-state index is -0.133. The molecule has 1 aromatic heterocycles. The fraction of sp³-hybridized carbons (Fsp3) is 0.476. The van der Waals surface area contributed by atoms with Gasteiger partial charge in [-0.2, -0.15) is 0 Å². The summed E-state index contributed by atoms with van der Waals surface area (Å²) in [6, 6.07) is 7.09. The number of amides is 2. The molecule has 1 N–H and O–H groups in total. The summed E-state index contributed by atoms with van der Waals surface area (Å²) in [5.41, 5.74) is 4.04. The normalized spacial score (nSPS) is 21.0. The first-order valence-electron chi connectivity index (χ1n) is 9.58. The van der Waals surface area contributed by atoms with Gasteiger partial charge in [-0.05, 0) is 50.4 Å². The van der Waals surface area contributed by atoms with Gasteiger partial charge >= 0.3 is 0 Å². The van der Waals surface area contributed by atoms with Crippen molar-refractivity contribution in [1.29, 1.82) is 0 Å². The molecule has 5 nitrogen and oxygen atoms in total. The molecule has 2 atom stereocenters. The van der Waals surface area contributed by atoms with E-state index in [2.05, 4.69) is 17.2 Å². The van der Waals surface area contributed by atoms with E-state index in [-0.39, 0.29) is 11.8 Å². The van der Waals surface area contributed by atoms with E-state index in [0.717, 1.165) is 25.2 Å². The molecule has 4 rings (SSSR count). The predicted octanol–water partition coefficient (Wildman–Crippen LogP) is 4.01. The Morgan fingerprint density at radius 2 is 1.81 bits per heavy atom. The third-order valence-corrected chi connectivity index (χ3v) is 5.52. The van der Waals surface area contributed by atoms with Crippen LogP contribution < -0.4 is 5.32 Å². The lowest BCUT2D eigenvalue weighted by molar-refractivity contribution is 0.0599. The molecular formula is C21H29N3O2S. The van der Waals surface area contributed by atoms with Gasteiger partial charge in [0.2, 0.25) is 0 Å². The number of piperidine rings is 1. The Balaban J connectivity index is 0.000000275. The van der Waals surface area contributed by atoms with Crippen LogP contribution in [0.25, 0.3) is 0 Å². The Hall–Kier alpha value is -2.05. The Morgan fingerprint density at radius 1 is 1.19 bits per heavy atom. The number of imide groups is 1. The average molecular weight is 388 g/mol. The minimum Gasteiger partial charge on any atom is -0.316 e. The fourth-order valence-corrected chi connectivity index (χ4v) is 3.80. The van der Waals surface area contributed by atoms with Crippen molar-refractivity contribution in [3.05, 3.63) is 52.0 Å². The van der Waals surface area contributed by atoms with E-state index in [1.807, 2.05) is 31.7 Å². The van der Waals surface area contributed by atoms with Crippen molar-refractivity contribution in [2.24, 2.45) is 11.8 Å². The Labute approximate surface area is 165 Å². The van der Waals surface area contributed by atoms with E-state index in [1.54, 1.807) is 35.6 Å². The molecule has 2 aromatic rings. The van der Waals surface area contributed by atoms with Crippen molar-refractivity contribution in [3.63, 3.8) is 0 Å². The van der Waals surface area contributed by atoms with E-state index < -0.39 is 0 Å². The molecule has 6 heteroatoms. The van der Waals surface area contributed by atoms with Gasteiger partial charge in [0.15, 0.2) is 0 Å². The average Bonchev–Trinajstić information content (AvgIpc) is 3.27. The monoisotopic (exact) mass is 387 g/mol. The molecule has 2 aliphatic heterocycles. The maximum Gasteiger partial charge on any atom is 0.261 e. The Bertz CT molecular complexity index is 711. The number of rotatable bonds is 2. The van der Waals surface area contributed by atoms with Gasteiger partial charge in [0, 0.05) is 17.6 Å². The quantitative estimate of drug-likeness (QED) is 0.791. The van der Waals surface area contributed by atoms with Crippen LogP contribution in [0.3, 0.4) is 0 Å². The summed E-state index contributed by atoms with van der Waals surface area (Å²) in [6.07, 6.45) is 1.02. The molecule has 2 amide bonds. The standard InChI is InChI=1S/C15H18N2O2.C4H5NS.C2H6/c1-10-8-16-7-6-11(10)9-17-14(18)12-4-2-3-5-13(12)15(17)19;1-4-2-6-3-5-4;1-2/h2-5,10-11,16H,6-9H2,1H3;2-3H,1H3;1-2H3. The molecule has 2 aliphatic rings. The lowest BCUT2D eigenvalue weighted by Gasteiger charge is -2.31. The number of carbonyl (C=O) groups is 2. The zero-order chi connectivity index (χ0) is 19.8. The number of hydrogen-bond donors (Lipinski definition) is 1. The van der Waals surface area contributed by atoms with Crippen molar-refractivity contribution in [3.8, 4) is 0 Å². The zero-order valence-corrected chi connectivity index (χ0v) is 17.4. The van der Waals surface area contributed by atoms with Gasteiger partial charge in [0.05, 0.1) is 16.6 Å². The SMILES string of the molecule is CC.CC1CNCCC1CN1C(=O)c2ccccc2C1=O.Cc1cscn1. The lowest BCUT2D eigenvalue weighted by Crippen LogP contribution is -2.43. The predicted molar refractivity (Wildman–Crippen MR) is 110 cm³/mol. The van der Waals surface area contributed by atoms with E-state index in [4.69, 9.17) is 0 Å². The largest absolute Gasteiger partial charge is 0.316 e. The molecule has 0 spiro atoms. The zero-order valence-electron chi connectivity index (χ0n) is 16.6. The number of aryl methyl sites for hydroxylation is 1. The maximum atomic E-state index is 12.3. The third kappa shape index (κ3) is 5.23. The Morgan fingerprint density at radius 3 is 2.26 bits per heavy atom. The van der Waals surface area contributed by atoms with Gasteiger partial charge in [-0.1, -0.05) is 32.9 Å². The highest BCUT2D eigenvalue weighted by molar-refractivity contribution is 7.07. The van der Waals surface area contributed by atoms with Gasteiger partial charge in [-0.15, -0.1) is 11.3 Å². The number of carbonyl (C=O) groups excluding carboxylic acids is 2.